The first-order valence-corrected chi connectivity index (χ1v) is 8.49. The zero-order valence-electron chi connectivity index (χ0n) is 16.2. The van der Waals surface area contributed by atoms with E-state index in [4.69, 9.17) is 18.7 Å². The fourth-order valence-corrected chi connectivity index (χ4v) is 2.65. The van der Waals surface area contributed by atoms with Gasteiger partial charge in [-0.3, -0.25) is 4.79 Å². The van der Waals surface area contributed by atoms with Gasteiger partial charge in [-0.15, -0.1) is 0 Å². The van der Waals surface area contributed by atoms with E-state index in [1.165, 1.54) is 0 Å². The molecule has 0 bridgehead atoms. The third kappa shape index (κ3) is 4.09. The fourth-order valence-electron chi connectivity index (χ4n) is 2.65. The van der Waals surface area contributed by atoms with Crippen LogP contribution in [0.5, 0.6) is 17.2 Å². The molecule has 1 aromatic carbocycles. The molecular formula is C19H26N2O5. The van der Waals surface area contributed by atoms with Crippen LogP contribution in [0, 0.1) is 5.92 Å². The van der Waals surface area contributed by atoms with Crippen LogP contribution in [0.25, 0.3) is 11.3 Å². The molecule has 0 spiro atoms. The van der Waals surface area contributed by atoms with Crippen LogP contribution in [-0.4, -0.2) is 43.8 Å². The Bertz CT molecular complexity index is 729. The highest BCUT2D eigenvalue weighted by Gasteiger charge is 2.19. The van der Waals surface area contributed by atoms with E-state index in [-0.39, 0.29) is 11.8 Å². The third-order valence-corrected chi connectivity index (χ3v) is 4.05. The first-order chi connectivity index (χ1) is 12.4. The van der Waals surface area contributed by atoms with Crippen molar-refractivity contribution in [2.75, 3.05) is 27.9 Å². The second-order valence-electron chi connectivity index (χ2n) is 6.10. The van der Waals surface area contributed by atoms with Gasteiger partial charge in [-0.2, -0.15) is 0 Å². The molecule has 0 aliphatic carbocycles. The predicted molar refractivity (Wildman–Crippen MR) is 97.5 cm³/mol. The molecule has 142 valence electrons. The van der Waals surface area contributed by atoms with E-state index >= 15 is 0 Å². The summed E-state index contributed by atoms with van der Waals surface area (Å²) in [5.74, 6) is 2.17. The summed E-state index contributed by atoms with van der Waals surface area (Å²) >= 11 is 0. The number of rotatable bonds is 8. The van der Waals surface area contributed by atoms with Gasteiger partial charge in [0.15, 0.2) is 17.3 Å². The zero-order chi connectivity index (χ0) is 19.3. The number of benzene rings is 1. The van der Waals surface area contributed by atoms with Crippen molar-refractivity contribution in [3.05, 3.63) is 23.9 Å². The summed E-state index contributed by atoms with van der Waals surface area (Å²) in [5.41, 5.74) is 1.43. The van der Waals surface area contributed by atoms with Gasteiger partial charge in [-0.05, 0) is 19.1 Å². The molecule has 0 atom stereocenters. The molecule has 0 fully saturated rings. The van der Waals surface area contributed by atoms with Gasteiger partial charge in [-0.25, -0.2) is 0 Å². The number of amides is 1. The van der Waals surface area contributed by atoms with E-state index in [1.807, 2.05) is 26.8 Å². The van der Waals surface area contributed by atoms with Crippen LogP contribution in [0.15, 0.2) is 22.7 Å². The van der Waals surface area contributed by atoms with E-state index < -0.39 is 0 Å². The fraction of sp³-hybridized carbons (Fsp3) is 0.474. The second kappa shape index (κ2) is 8.60. The maximum absolute atomic E-state index is 12.2. The van der Waals surface area contributed by atoms with Crippen molar-refractivity contribution in [1.82, 2.24) is 10.1 Å². The lowest BCUT2D eigenvalue weighted by Crippen LogP contribution is -2.33. The molecule has 0 radical (unpaired) electrons. The summed E-state index contributed by atoms with van der Waals surface area (Å²) in [5, 5.41) is 4.09. The third-order valence-electron chi connectivity index (χ3n) is 4.05. The minimum atomic E-state index is -0.0589. The summed E-state index contributed by atoms with van der Waals surface area (Å²) in [6.45, 7) is 6.73. The van der Waals surface area contributed by atoms with Crippen molar-refractivity contribution in [3.8, 4) is 28.6 Å². The number of carbonyl (C=O) groups is 1. The minimum absolute atomic E-state index is 0.0589. The molecule has 0 aliphatic rings. The molecular weight excluding hydrogens is 336 g/mol. The molecule has 26 heavy (non-hydrogen) atoms. The highest BCUT2D eigenvalue weighted by molar-refractivity contribution is 5.78. The van der Waals surface area contributed by atoms with Gasteiger partial charge in [0.1, 0.15) is 5.69 Å². The Labute approximate surface area is 153 Å². The summed E-state index contributed by atoms with van der Waals surface area (Å²) in [6, 6.07) is 5.40. The number of methoxy groups -OCH3 is 3. The predicted octanol–water partition coefficient (Wildman–Crippen LogP) is 3.37. The highest BCUT2D eigenvalue weighted by Crippen LogP contribution is 2.41. The lowest BCUT2D eigenvalue weighted by atomic mass is 10.1. The zero-order valence-corrected chi connectivity index (χ0v) is 16.2. The van der Waals surface area contributed by atoms with Crippen molar-refractivity contribution >= 4 is 5.91 Å². The minimum Gasteiger partial charge on any atom is -0.493 e. The van der Waals surface area contributed by atoms with E-state index in [0.29, 0.717) is 41.8 Å². The van der Waals surface area contributed by atoms with Gasteiger partial charge in [0.05, 0.1) is 27.9 Å². The van der Waals surface area contributed by atoms with Gasteiger partial charge in [0.25, 0.3) is 0 Å². The van der Waals surface area contributed by atoms with Gasteiger partial charge >= 0.3 is 0 Å². The van der Waals surface area contributed by atoms with Crippen molar-refractivity contribution < 1.29 is 23.5 Å². The summed E-state index contributed by atoms with van der Waals surface area (Å²) in [7, 11) is 4.67. The van der Waals surface area contributed by atoms with Crippen LogP contribution < -0.4 is 14.2 Å². The van der Waals surface area contributed by atoms with E-state index in [1.54, 1.807) is 38.4 Å². The van der Waals surface area contributed by atoms with Crippen LogP contribution in [0.3, 0.4) is 0 Å². The van der Waals surface area contributed by atoms with Gasteiger partial charge < -0.3 is 23.6 Å². The average Bonchev–Trinajstić information content (AvgIpc) is 3.12. The summed E-state index contributed by atoms with van der Waals surface area (Å²) in [6.07, 6.45) is 0. The Kier molecular flexibility index (Phi) is 6.49. The molecule has 1 heterocycles. The number of nitrogens with zero attached hydrogens (tertiary/aromatic N) is 2. The maximum Gasteiger partial charge on any atom is 0.225 e. The highest BCUT2D eigenvalue weighted by atomic mass is 16.5. The molecule has 2 aromatic rings. The van der Waals surface area contributed by atoms with Crippen LogP contribution >= 0.6 is 0 Å². The Morgan fingerprint density at radius 2 is 1.73 bits per heavy atom. The number of aromatic nitrogens is 1. The smallest absolute Gasteiger partial charge is 0.225 e. The second-order valence-corrected chi connectivity index (χ2v) is 6.10. The van der Waals surface area contributed by atoms with Crippen LogP contribution in [0.2, 0.25) is 0 Å². The summed E-state index contributed by atoms with van der Waals surface area (Å²) in [4.78, 5) is 14.0. The number of carbonyl (C=O) groups excluding carboxylic acids is 1. The summed E-state index contributed by atoms with van der Waals surface area (Å²) < 4.78 is 21.5. The lowest BCUT2D eigenvalue weighted by molar-refractivity contribution is -0.134. The van der Waals surface area contributed by atoms with Gasteiger partial charge in [0.2, 0.25) is 11.7 Å². The average molecular weight is 362 g/mol. The monoisotopic (exact) mass is 362 g/mol. The van der Waals surface area contributed by atoms with E-state index in [0.717, 1.165) is 5.56 Å². The van der Waals surface area contributed by atoms with Crippen molar-refractivity contribution in [2.45, 2.75) is 27.3 Å². The molecule has 0 N–H and O–H groups in total. The SMILES string of the molecule is CCN(Cc1cc(-c2cc(OC)c(OC)c(OC)c2)on1)C(=O)C(C)C. The molecule has 0 saturated heterocycles. The standard InChI is InChI=1S/C19H26N2O5/c1-7-21(19(22)12(2)3)11-14-10-15(26-20-14)13-8-16(23-4)18(25-6)17(9-13)24-5/h8-10,12H,7,11H2,1-6H3. The Balaban J connectivity index is 2.30. The topological polar surface area (TPSA) is 74.0 Å². The Morgan fingerprint density at radius 1 is 1.12 bits per heavy atom. The van der Waals surface area contributed by atoms with Crippen LogP contribution in [0.4, 0.5) is 0 Å². The van der Waals surface area contributed by atoms with E-state index in [2.05, 4.69) is 5.16 Å². The number of ether oxygens (including phenoxy) is 3. The number of hydrogen-bond donors (Lipinski definition) is 0. The van der Waals surface area contributed by atoms with Gasteiger partial charge in [-0.1, -0.05) is 19.0 Å². The number of hydrogen-bond acceptors (Lipinski definition) is 6. The molecule has 7 heteroatoms. The quantitative estimate of drug-likeness (QED) is 0.717. The lowest BCUT2D eigenvalue weighted by Gasteiger charge is -2.21. The van der Waals surface area contributed by atoms with Crippen molar-refractivity contribution in [2.24, 2.45) is 5.92 Å². The van der Waals surface area contributed by atoms with Crippen molar-refractivity contribution in [1.29, 1.82) is 0 Å². The first-order valence-electron chi connectivity index (χ1n) is 8.49. The van der Waals surface area contributed by atoms with Crippen molar-refractivity contribution in [3.63, 3.8) is 0 Å². The van der Waals surface area contributed by atoms with E-state index in [9.17, 15) is 4.79 Å². The first kappa shape index (κ1) is 19.6. The molecule has 2 rings (SSSR count). The Hall–Kier alpha value is -2.70. The molecule has 1 aromatic heterocycles. The molecule has 0 saturated carbocycles. The Morgan fingerprint density at radius 3 is 2.19 bits per heavy atom. The molecule has 1 amide bonds. The normalized spacial score (nSPS) is 10.7. The molecule has 0 aliphatic heterocycles. The van der Waals surface area contributed by atoms with Crippen LogP contribution in [-0.2, 0) is 11.3 Å². The molecule has 0 unspecified atom stereocenters. The van der Waals surface area contributed by atoms with Gasteiger partial charge in [0, 0.05) is 24.1 Å². The maximum atomic E-state index is 12.2. The van der Waals surface area contributed by atoms with Crippen LogP contribution in [0.1, 0.15) is 26.5 Å². The molecule has 7 nitrogen and oxygen atoms in total. The largest absolute Gasteiger partial charge is 0.493 e.